The van der Waals surface area contributed by atoms with E-state index in [0.717, 1.165) is 23.0 Å². The van der Waals surface area contributed by atoms with E-state index in [0.29, 0.717) is 12.2 Å². The first kappa shape index (κ1) is 14.7. The number of aryl methyl sites for hydroxylation is 2. The molecule has 1 N–H and O–H groups in total. The molecule has 4 heteroatoms. The van der Waals surface area contributed by atoms with E-state index in [9.17, 15) is 4.79 Å². The highest BCUT2D eigenvalue weighted by atomic mass is 79.9. The Morgan fingerprint density at radius 1 is 1.20 bits per heavy atom. The molecule has 0 atom stereocenters. The van der Waals surface area contributed by atoms with Crippen molar-refractivity contribution < 1.29 is 4.79 Å². The molecule has 0 fully saturated rings. The fraction of sp³-hybridized carbons (Fsp3) is 0.250. The van der Waals surface area contributed by atoms with Gasteiger partial charge in [0, 0.05) is 10.9 Å². The van der Waals surface area contributed by atoms with Crippen LogP contribution < -0.4 is 5.32 Å². The number of carbonyl (C=O) groups is 1. The lowest BCUT2D eigenvalue weighted by atomic mass is 10.1. The number of carbonyl (C=O) groups excluding carboxylic acids is 1. The van der Waals surface area contributed by atoms with Crippen molar-refractivity contribution in [3.8, 4) is 0 Å². The Hall–Kier alpha value is -1.68. The Labute approximate surface area is 127 Å². The highest BCUT2D eigenvalue weighted by Gasteiger charge is 2.05. The van der Waals surface area contributed by atoms with Crippen LogP contribution in [0.25, 0.3) is 0 Å². The molecule has 1 amide bonds. The third-order valence-electron chi connectivity index (χ3n) is 3.00. The van der Waals surface area contributed by atoms with Crippen LogP contribution in [0.15, 0.2) is 46.9 Å². The summed E-state index contributed by atoms with van der Waals surface area (Å²) in [4.78, 5) is 16.1. The van der Waals surface area contributed by atoms with Crippen LogP contribution in [0.5, 0.6) is 0 Å². The summed E-state index contributed by atoms with van der Waals surface area (Å²) in [6, 6.07) is 13.9. The first-order valence-electron chi connectivity index (χ1n) is 6.62. The zero-order valence-corrected chi connectivity index (χ0v) is 13.0. The SMILES string of the molecule is Cc1nc(NC(=O)CCCc2ccccc2)ccc1Br. The van der Waals surface area contributed by atoms with Gasteiger partial charge in [-0.1, -0.05) is 30.3 Å². The molecule has 1 aromatic heterocycles. The lowest BCUT2D eigenvalue weighted by Gasteiger charge is -2.06. The summed E-state index contributed by atoms with van der Waals surface area (Å²) in [5.41, 5.74) is 2.13. The van der Waals surface area contributed by atoms with Gasteiger partial charge in [-0.25, -0.2) is 4.98 Å². The standard InChI is InChI=1S/C16H17BrN2O/c1-12-14(17)10-11-15(18-12)19-16(20)9-5-8-13-6-3-2-4-7-13/h2-4,6-7,10-11H,5,8-9H2,1H3,(H,18,19,20). The minimum absolute atomic E-state index is 0.00940. The molecule has 0 spiro atoms. The average Bonchev–Trinajstić information content (AvgIpc) is 2.44. The van der Waals surface area contributed by atoms with Gasteiger partial charge in [-0.05, 0) is 53.4 Å². The predicted molar refractivity (Wildman–Crippen MR) is 84.7 cm³/mol. The molecule has 1 aromatic carbocycles. The van der Waals surface area contributed by atoms with E-state index in [1.54, 1.807) is 6.07 Å². The van der Waals surface area contributed by atoms with Crippen molar-refractivity contribution in [3.05, 3.63) is 58.2 Å². The number of nitrogens with one attached hydrogen (secondary N) is 1. The van der Waals surface area contributed by atoms with Gasteiger partial charge < -0.3 is 5.32 Å². The molecule has 0 aliphatic carbocycles. The number of halogens is 1. The topological polar surface area (TPSA) is 42.0 Å². The fourth-order valence-corrected chi connectivity index (χ4v) is 2.14. The molecule has 0 aliphatic heterocycles. The van der Waals surface area contributed by atoms with Crippen LogP contribution in [0.4, 0.5) is 5.82 Å². The molecule has 20 heavy (non-hydrogen) atoms. The van der Waals surface area contributed by atoms with Crippen molar-refractivity contribution in [3.63, 3.8) is 0 Å². The highest BCUT2D eigenvalue weighted by Crippen LogP contribution is 2.16. The van der Waals surface area contributed by atoms with Gasteiger partial charge in [-0.3, -0.25) is 4.79 Å². The second-order valence-corrected chi connectivity index (χ2v) is 5.51. The Kier molecular flexibility index (Phi) is 5.30. The van der Waals surface area contributed by atoms with E-state index >= 15 is 0 Å². The number of rotatable bonds is 5. The quantitative estimate of drug-likeness (QED) is 0.894. The minimum Gasteiger partial charge on any atom is -0.311 e. The van der Waals surface area contributed by atoms with Crippen molar-refractivity contribution >= 4 is 27.7 Å². The lowest BCUT2D eigenvalue weighted by molar-refractivity contribution is -0.116. The average molecular weight is 333 g/mol. The van der Waals surface area contributed by atoms with E-state index < -0.39 is 0 Å². The summed E-state index contributed by atoms with van der Waals surface area (Å²) in [6.45, 7) is 1.90. The van der Waals surface area contributed by atoms with Gasteiger partial charge >= 0.3 is 0 Å². The van der Waals surface area contributed by atoms with Crippen molar-refractivity contribution in [1.82, 2.24) is 4.98 Å². The molecule has 0 bridgehead atoms. The molecule has 0 aliphatic rings. The fourth-order valence-electron chi connectivity index (χ4n) is 1.92. The first-order valence-corrected chi connectivity index (χ1v) is 7.41. The van der Waals surface area contributed by atoms with Crippen LogP contribution in [0.2, 0.25) is 0 Å². The number of pyridine rings is 1. The third kappa shape index (κ3) is 4.46. The van der Waals surface area contributed by atoms with E-state index in [-0.39, 0.29) is 5.91 Å². The van der Waals surface area contributed by atoms with Crippen LogP contribution in [-0.4, -0.2) is 10.9 Å². The normalized spacial score (nSPS) is 10.3. The number of amides is 1. The van der Waals surface area contributed by atoms with Crippen molar-refractivity contribution in [2.45, 2.75) is 26.2 Å². The predicted octanol–water partition coefficient (Wildman–Crippen LogP) is 4.11. The molecular weight excluding hydrogens is 316 g/mol. The van der Waals surface area contributed by atoms with Gasteiger partial charge in [0.1, 0.15) is 5.82 Å². The van der Waals surface area contributed by atoms with Crippen LogP contribution in [0, 0.1) is 6.92 Å². The van der Waals surface area contributed by atoms with E-state index in [2.05, 4.69) is 38.4 Å². The van der Waals surface area contributed by atoms with Gasteiger partial charge in [0.15, 0.2) is 0 Å². The van der Waals surface area contributed by atoms with Crippen LogP contribution >= 0.6 is 15.9 Å². The number of anilines is 1. The van der Waals surface area contributed by atoms with Crippen molar-refractivity contribution in [2.75, 3.05) is 5.32 Å². The highest BCUT2D eigenvalue weighted by molar-refractivity contribution is 9.10. The molecule has 0 saturated carbocycles. The lowest BCUT2D eigenvalue weighted by Crippen LogP contribution is -2.12. The Bertz CT molecular complexity index is 584. The summed E-state index contributed by atoms with van der Waals surface area (Å²) in [5.74, 6) is 0.616. The summed E-state index contributed by atoms with van der Waals surface area (Å²) >= 11 is 3.39. The smallest absolute Gasteiger partial charge is 0.225 e. The van der Waals surface area contributed by atoms with E-state index in [4.69, 9.17) is 0 Å². The zero-order valence-electron chi connectivity index (χ0n) is 11.4. The Balaban J connectivity index is 1.79. The van der Waals surface area contributed by atoms with Crippen LogP contribution in [0.3, 0.4) is 0 Å². The Morgan fingerprint density at radius 2 is 1.95 bits per heavy atom. The zero-order chi connectivity index (χ0) is 14.4. The third-order valence-corrected chi connectivity index (χ3v) is 3.84. The molecule has 1 heterocycles. The summed E-state index contributed by atoms with van der Waals surface area (Å²) in [5, 5.41) is 2.83. The van der Waals surface area contributed by atoms with Gasteiger partial charge in [0.2, 0.25) is 5.91 Å². The summed E-state index contributed by atoms with van der Waals surface area (Å²) in [7, 11) is 0. The maximum Gasteiger partial charge on any atom is 0.225 e. The molecule has 3 nitrogen and oxygen atoms in total. The van der Waals surface area contributed by atoms with Crippen LogP contribution in [0.1, 0.15) is 24.1 Å². The molecular formula is C16H17BrN2O. The maximum atomic E-state index is 11.8. The molecule has 0 radical (unpaired) electrons. The molecule has 2 aromatic rings. The van der Waals surface area contributed by atoms with E-state index in [1.165, 1.54) is 5.56 Å². The summed E-state index contributed by atoms with van der Waals surface area (Å²) in [6.07, 6.45) is 2.26. The largest absolute Gasteiger partial charge is 0.311 e. The number of hydrogen-bond acceptors (Lipinski definition) is 2. The van der Waals surface area contributed by atoms with Crippen molar-refractivity contribution in [1.29, 1.82) is 0 Å². The molecule has 0 unspecified atom stereocenters. The van der Waals surface area contributed by atoms with Crippen molar-refractivity contribution in [2.24, 2.45) is 0 Å². The second-order valence-electron chi connectivity index (χ2n) is 4.65. The van der Waals surface area contributed by atoms with Crippen LogP contribution in [-0.2, 0) is 11.2 Å². The van der Waals surface area contributed by atoms with Gasteiger partial charge in [-0.15, -0.1) is 0 Å². The molecule has 2 rings (SSSR count). The Morgan fingerprint density at radius 3 is 2.65 bits per heavy atom. The first-order chi connectivity index (χ1) is 9.65. The number of benzene rings is 1. The van der Waals surface area contributed by atoms with E-state index in [1.807, 2.05) is 31.2 Å². The maximum absolute atomic E-state index is 11.8. The van der Waals surface area contributed by atoms with Gasteiger partial charge in [0.25, 0.3) is 0 Å². The van der Waals surface area contributed by atoms with Gasteiger partial charge in [-0.2, -0.15) is 0 Å². The minimum atomic E-state index is 0.00940. The number of aromatic nitrogens is 1. The van der Waals surface area contributed by atoms with Gasteiger partial charge in [0.05, 0.1) is 5.69 Å². The number of nitrogens with zero attached hydrogens (tertiary/aromatic N) is 1. The molecule has 0 saturated heterocycles. The second kappa shape index (κ2) is 7.20. The summed E-state index contributed by atoms with van der Waals surface area (Å²) < 4.78 is 0.944. The number of hydrogen-bond donors (Lipinski definition) is 1. The molecule has 104 valence electrons. The monoisotopic (exact) mass is 332 g/mol.